The molecule has 5 aromatic rings. The van der Waals surface area contributed by atoms with Crippen LogP contribution in [0.4, 0.5) is 14.9 Å². The lowest BCUT2D eigenvalue weighted by atomic mass is 10.1. The molecular formula is C30H26FN5O5S. The lowest BCUT2D eigenvalue weighted by molar-refractivity contribution is 0.0827. The van der Waals surface area contributed by atoms with E-state index in [0.29, 0.717) is 50.7 Å². The zero-order valence-electron chi connectivity index (χ0n) is 23.2. The summed E-state index contributed by atoms with van der Waals surface area (Å²) in [6.45, 7) is 1.88. The van der Waals surface area contributed by atoms with Crippen LogP contribution in [0.1, 0.15) is 21.5 Å². The van der Waals surface area contributed by atoms with Crippen molar-refractivity contribution in [1.82, 2.24) is 19.9 Å². The highest BCUT2D eigenvalue weighted by Gasteiger charge is 2.31. The first-order chi connectivity index (χ1) is 20.2. The molecule has 3 heterocycles. The number of carbonyl (C=O) groups excluding carboxylic acids is 2. The van der Waals surface area contributed by atoms with Crippen LogP contribution in [0, 0.1) is 12.7 Å². The third-order valence-corrected chi connectivity index (χ3v) is 7.96. The van der Waals surface area contributed by atoms with Crippen LogP contribution >= 0.6 is 11.3 Å². The summed E-state index contributed by atoms with van der Waals surface area (Å²) in [6, 6.07) is 11.7. The summed E-state index contributed by atoms with van der Waals surface area (Å²) in [4.78, 5) is 39.7. The molecule has 42 heavy (non-hydrogen) atoms. The first-order valence-corrected chi connectivity index (χ1v) is 13.9. The maximum absolute atomic E-state index is 15.1. The number of amides is 2. The number of hydrogen-bond donors (Lipinski definition) is 1. The minimum atomic E-state index is -0.684. The Labute approximate surface area is 244 Å². The number of aromatic nitrogens is 3. The molecule has 0 saturated carbocycles. The molecule has 12 heteroatoms. The van der Waals surface area contributed by atoms with Gasteiger partial charge in [-0.15, -0.1) is 11.3 Å². The van der Waals surface area contributed by atoms with Gasteiger partial charge in [0.1, 0.15) is 17.7 Å². The van der Waals surface area contributed by atoms with E-state index < -0.39 is 18.0 Å². The van der Waals surface area contributed by atoms with Crippen molar-refractivity contribution in [3.05, 3.63) is 71.2 Å². The van der Waals surface area contributed by atoms with E-state index in [1.807, 2.05) is 19.1 Å². The first kappa shape index (κ1) is 27.3. The van der Waals surface area contributed by atoms with Gasteiger partial charge >= 0.3 is 6.09 Å². The molecule has 0 fully saturated rings. The minimum absolute atomic E-state index is 0.0791. The monoisotopic (exact) mass is 587 g/mol. The average Bonchev–Trinajstić information content (AvgIpc) is 3.60. The molecule has 1 unspecified atom stereocenters. The summed E-state index contributed by atoms with van der Waals surface area (Å²) in [5.41, 5.74) is 5.30. The standard InChI is InChI=1S/C30H26FN5O5S/c1-15-9-19(25-22(10-15)34-24(39-4)13-32-25)28-35-23-12-21(31)26-20(27(23)42-28)11-18(41-26)14-40-30(38)33-17-7-5-16(6-8-17)29(37)36(2)3/h5-10,12-13,18H,11,14H2,1-4H3,(H,33,38). The van der Waals surface area contributed by atoms with Crippen molar-refractivity contribution >= 4 is 50.3 Å². The summed E-state index contributed by atoms with van der Waals surface area (Å²) < 4.78 is 32.3. The smallest absolute Gasteiger partial charge is 0.411 e. The zero-order chi connectivity index (χ0) is 29.5. The van der Waals surface area contributed by atoms with E-state index in [1.54, 1.807) is 44.6 Å². The SMILES string of the molecule is COc1cnc2c(-c3nc4cc(F)c5c(c4s3)CC(COC(=O)Nc3ccc(C(=O)N(C)C)cc3)O5)cc(C)cc2n1. The van der Waals surface area contributed by atoms with Gasteiger partial charge in [-0.25, -0.2) is 24.1 Å². The number of anilines is 1. The fourth-order valence-corrected chi connectivity index (χ4v) is 5.93. The molecular weight excluding hydrogens is 561 g/mol. The van der Waals surface area contributed by atoms with E-state index in [-0.39, 0.29) is 18.3 Å². The fraction of sp³-hybridized carbons (Fsp3) is 0.233. The van der Waals surface area contributed by atoms with Gasteiger partial charge in [-0.05, 0) is 48.9 Å². The first-order valence-electron chi connectivity index (χ1n) is 13.1. The Bertz CT molecular complexity index is 1860. The molecule has 0 spiro atoms. The van der Waals surface area contributed by atoms with Crippen molar-refractivity contribution in [3.63, 3.8) is 0 Å². The highest BCUT2D eigenvalue weighted by atomic mass is 32.1. The second-order valence-electron chi connectivity index (χ2n) is 10.1. The minimum Gasteiger partial charge on any atom is -0.483 e. The molecule has 0 bridgehead atoms. The lowest BCUT2D eigenvalue weighted by Crippen LogP contribution is -2.25. The normalized spacial score (nSPS) is 14.0. The van der Waals surface area contributed by atoms with Crippen molar-refractivity contribution in [2.24, 2.45) is 0 Å². The number of fused-ring (bicyclic) bond motifs is 4. The van der Waals surface area contributed by atoms with Gasteiger partial charge in [0.15, 0.2) is 11.6 Å². The molecule has 10 nitrogen and oxygen atoms in total. The number of methoxy groups -OCH3 is 1. The number of hydrogen-bond acceptors (Lipinski definition) is 9. The van der Waals surface area contributed by atoms with Crippen molar-refractivity contribution in [1.29, 1.82) is 0 Å². The van der Waals surface area contributed by atoms with Crippen molar-refractivity contribution in [2.45, 2.75) is 19.4 Å². The van der Waals surface area contributed by atoms with Crippen LogP contribution in [-0.2, 0) is 11.2 Å². The number of thiazole rings is 1. The number of nitrogens with one attached hydrogen (secondary N) is 1. The van der Waals surface area contributed by atoms with Gasteiger partial charge in [-0.3, -0.25) is 10.1 Å². The van der Waals surface area contributed by atoms with E-state index >= 15 is 4.39 Å². The maximum atomic E-state index is 15.1. The van der Waals surface area contributed by atoms with Gasteiger partial charge in [0.2, 0.25) is 5.88 Å². The van der Waals surface area contributed by atoms with Crippen molar-refractivity contribution < 1.29 is 28.2 Å². The fourth-order valence-electron chi connectivity index (χ4n) is 4.82. The average molecular weight is 588 g/mol. The summed E-state index contributed by atoms with van der Waals surface area (Å²) in [7, 11) is 4.87. The van der Waals surface area contributed by atoms with Gasteiger partial charge in [0, 0.05) is 49.0 Å². The number of rotatable bonds is 6. The molecule has 1 atom stereocenters. The van der Waals surface area contributed by atoms with E-state index in [9.17, 15) is 9.59 Å². The number of aryl methyl sites for hydroxylation is 1. The molecule has 2 amide bonds. The maximum Gasteiger partial charge on any atom is 0.411 e. The molecule has 214 valence electrons. The number of halogens is 1. The van der Waals surface area contributed by atoms with Crippen LogP contribution in [0.3, 0.4) is 0 Å². The molecule has 0 saturated heterocycles. The quantitative estimate of drug-likeness (QED) is 0.272. The predicted molar refractivity (Wildman–Crippen MR) is 157 cm³/mol. The van der Waals surface area contributed by atoms with Crippen molar-refractivity contribution in [3.8, 4) is 22.2 Å². The van der Waals surface area contributed by atoms with E-state index in [1.165, 1.54) is 29.4 Å². The number of nitrogens with zero attached hydrogens (tertiary/aromatic N) is 4. The topological polar surface area (TPSA) is 116 Å². The Morgan fingerprint density at radius 2 is 1.93 bits per heavy atom. The van der Waals surface area contributed by atoms with Gasteiger partial charge in [0.05, 0.1) is 34.6 Å². The second kappa shape index (κ2) is 10.9. The van der Waals surface area contributed by atoms with E-state index in [4.69, 9.17) is 19.2 Å². The largest absolute Gasteiger partial charge is 0.483 e. The number of benzene rings is 3. The van der Waals surface area contributed by atoms with Gasteiger partial charge in [0.25, 0.3) is 5.91 Å². The van der Waals surface area contributed by atoms with Crippen LogP contribution in [0.15, 0.2) is 48.7 Å². The summed E-state index contributed by atoms with van der Waals surface area (Å²) in [6.07, 6.45) is 0.665. The Hall–Kier alpha value is -4.84. The van der Waals surface area contributed by atoms with E-state index in [0.717, 1.165) is 15.8 Å². The van der Waals surface area contributed by atoms with Crippen molar-refractivity contribution in [2.75, 3.05) is 33.1 Å². The van der Waals surface area contributed by atoms with Crippen LogP contribution < -0.4 is 14.8 Å². The molecule has 1 aliphatic heterocycles. The number of ether oxygens (including phenoxy) is 3. The Balaban J connectivity index is 1.18. The number of carbonyl (C=O) groups is 2. The Kier molecular flexibility index (Phi) is 7.07. The van der Waals surface area contributed by atoms with Crippen LogP contribution in [0.25, 0.3) is 31.8 Å². The molecule has 1 aliphatic rings. The molecule has 0 radical (unpaired) electrons. The molecule has 0 aliphatic carbocycles. The third kappa shape index (κ3) is 5.16. The van der Waals surface area contributed by atoms with Crippen LogP contribution in [-0.4, -0.2) is 65.8 Å². The van der Waals surface area contributed by atoms with Gasteiger partial charge in [-0.2, -0.15) is 0 Å². The zero-order valence-corrected chi connectivity index (χ0v) is 24.0. The van der Waals surface area contributed by atoms with Gasteiger partial charge < -0.3 is 19.1 Å². The molecule has 3 aromatic carbocycles. The third-order valence-electron chi connectivity index (χ3n) is 6.79. The molecule has 6 rings (SSSR count). The van der Waals surface area contributed by atoms with Gasteiger partial charge in [-0.1, -0.05) is 0 Å². The molecule has 2 aromatic heterocycles. The second-order valence-corrected chi connectivity index (χ2v) is 11.1. The highest BCUT2D eigenvalue weighted by molar-refractivity contribution is 7.22. The summed E-state index contributed by atoms with van der Waals surface area (Å²) >= 11 is 1.43. The predicted octanol–water partition coefficient (Wildman–Crippen LogP) is 5.62. The van der Waals surface area contributed by atoms with Crippen LogP contribution in [0.5, 0.6) is 11.6 Å². The Morgan fingerprint density at radius 1 is 1.14 bits per heavy atom. The van der Waals surface area contributed by atoms with E-state index in [2.05, 4.69) is 15.3 Å². The lowest BCUT2D eigenvalue weighted by Gasteiger charge is -2.13. The Morgan fingerprint density at radius 3 is 2.67 bits per heavy atom. The highest BCUT2D eigenvalue weighted by Crippen LogP contribution is 2.43. The summed E-state index contributed by atoms with van der Waals surface area (Å²) in [5, 5.41) is 3.31. The van der Waals surface area contributed by atoms with Crippen LogP contribution in [0.2, 0.25) is 0 Å². The molecule has 1 N–H and O–H groups in total. The summed E-state index contributed by atoms with van der Waals surface area (Å²) in [5.74, 6) is -0.103.